The first-order valence-corrected chi connectivity index (χ1v) is 9.18. The van der Waals surface area contributed by atoms with Gasteiger partial charge >= 0.3 is 11.9 Å². The Kier molecular flexibility index (Phi) is 8.42. The Hall–Kier alpha value is -2.92. The molecule has 27 heavy (non-hydrogen) atoms. The summed E-state index contributed by atoms with van der Waals surface area (Å²) in [6.07, 6.45) is 5.21. The van der Waals surface area contributed by atoms with Crippen LogP contribution >= 0.6 is 0 Å². The van der Waals surface area contributed by atoms with Crippen LogP contribution < -0.4 is 4.74 Å². The first-order chi connectivity index (χ1) is 12.6. The van der Waals surface area contributed by atoms with Crippen molar-refractivity contribution in [2.24, 2.45) is 0 Å². The molecule has 0 saturated heterocycles. The van der Waals surface area contributed by atoms with E-state index in [1.54, 1.807) is 30.6 Å². The third-order valence-electron chi connectivity index (χ3n) is 3.19. The number of carbonyl (C=O) groups is 2. The second kappa shape index (κ2) is 10.3. The van der Waals surface area contributed by atoms with Gasteiger partial charge in [-0.05, 0) is 37.1 Å². The summed E-state index contributed by atoms with van der Waals surface area (Å²) >= 11 is 0. The van der Waals surface area contributed by atoms with Gasteiger partial charge < -0.3 is 19.9 Å². The molecule has 0 aliphatic rings. The van der Waals surface area contributed by atoms with Gasteiger partial charge in [0.15, 0.2) is 0 Å². The van der Waals surface area contributed by atoms with E-state index in [9.17, 15) is 8.42 Å². The highest BCUT2D eigenvalue weighted by atomic mass is 32.2. The Labute approximate surface area is 156 Å². The topological polar surface area (TPSA) is 150 Å². The molecule has 2 aromatic rings. The largest absolute Gasteiger partial charge is 0.494 e. The Morgan fingerprint density at radius 3 is 2.19 bits per heavy atom. The molecule has 0 bridgehead atoms. The molecule has 1 heterocycles. The van der Waals surface area contributed by atoms with Gasteiger partial charge in [0.25, 0.3) is 0 Å². The molecule has 0 amide bonds. The number of nitrogens with zero attached hydrogens (tertiary/aromatic N) is 2. The summed E-state index contributed by atoms with van der Waals surface area (Å²) in [5, 5.41) is 14.8. The van der Waals surface area contributed by atoms with Crippen LogP contribution in [0.5, 0.6) is 5.75 Å². The molecule has 0 atom stereocenters. The summed E-state index contributed by atoms with van der Waals surface area (Å²) in [7, 11) is -0.365. The van der Waals surface area contributed by atoms with Gasteiger partial charge in [-0.15, -0.1) is 0 Å². The van der Waals surface area contributed by atoms with E-state index in [1.807, 2.05) is 6.20 Å². The van der Waals surface area contributed by atoms with Gasteiger partial charge in [0, 0.05) is 20.3 Å². The highest BCUT2D eigenvalue weighted by Crippen LogP contribution is 2.18. The summed E-state index contributed by atoms with van der Waals surface area (Å²) in [5.41, 5.74) is 1.01. The lowest BCUT2D eigenvalue weighted by Gasteiger charge is -2.12. The molecule has 1 aromatic carbocycles. The predicted molar refractivity (Wildman–Crippen MR) is 95.0 cm³/mol. The molecule has 148 valence electrons. The van der Waals surface area contributed by atoms with Crippen molar-refractivity contribution in [3.8, 4) is 5.75 Å². The van der Waals surface area contributed by atoms with Gasteiger partial charge in [0.2, 0.25) is 10.0 Å². The SMILES string of the molecule is CN(C)S(=O)(=O)c1ccc(OCCCc2c[nH]cn2)cc1.O=C(O)C(=O)O. The van der Waals surface area contributed by atoms with Gasteiger partial charge in [-0.25, -0.2) is 27.3 Å². The molecule has 0 aliphatic carbocycles. The second-order valence-corrected chi connectivity index (χ2v) is 7.53. The quantitative estimate of drug-likeness (QED) is 0.457. The lowest BCUT2D eigenvalue weighted by molar-refractivity contribution is -0.159. The second-order valence-electron chi connectivity index (χ2n) is 5.38. The number of hydrogen-bond donors (Lipinski definition) is 3. The van der Waals surface area contributed by atoms with Crippen LogP contribution in [0.1, 0.15) is 12.1 Å². The number of aromatic amines is 1. The summed E-state index contributed by atoms with van der Waals surface area (Å²) in [6, 6.07) is 6.45. The average Bonchev–Trinajstić information content (AvgIpc) is 3.13. The fourth-order valence-corrected chi connectivity index (χ4v) is 2.69. The van der Waals surface area contributed by atoms with Crippen LogP contribution in [0, 0.1) is 0 Å². The lowest BCUT2D eigenvalue weighted by atomic mass is 10.2. The predicted octanol–water partition coefficient (Wildman–Crippen LogP) is 0.827. The van der Waals surface area contributed by atoms with Gasteiger partial charge in [-0.1, -0.05) is 0 Å². The Bertz CT molecular complexity index is 819. The zero-order chi connectivity index (χ0) is 20.4. The number of carboxylic acids is 2. The van der Waals surface area contributed by atoms with E-state index < -0.39 is 22.0 Å². The molecule has 0 unspecified atom stereocenters. The number of benzene rings is 1. The maximum Gasteiger partial charge on any atom is 0.414 e. The molecular weight excluding hydrogens is 378 g/mol. The van der Waals surface area contributed by atoms with E-state index in [2.05, 4.69) is 9.97 Å². The smallest absolute Gasteiger partial charge is 0.414 e. The fourth-order valence-electron chi connectivity index (χ4n) is 1.79. The number of ether oxygens (including phenoxy) is 1. The standard InChI is InChI=1S/C14H19N3O3S.C2H2O4/c1-17(2)21(18,19)14-7-5-13(6-8-14)20-9-3-4-12-10-15-11-16-12;3-1(4)2(5)6/h5-8,10-11H,3-4,9H2,1-2H3,(H,15,16);(H,3,4)(H,5,6). The van der Waals surface area contributed by atoms with Crippen LogP contribution in [0.3, 0.4) is 0 Å². The van der Waals surface area contributed by atoms with Crippen LogP contribution in [0.4, 0.5) is 0 Å². The molecule has 3 N–H and O–H groups in total. The number of hydrogen-bond acceptors (Lipinski definition) is 6. The number of imidazole rings is 1. The Morgan fingerprint density at radius 2 is 1.74 bits per heavy atom. The zero-order valence-corrected chi connectivity index (χ0v) is 15.6. The van der Waals surface area contributed by atoms with Crippen molar-refractivity contribution in [3.63, 3.8) is 0 Å². The minimum absolute atomic E-state index is 0.261. The van der Waals surface area contributed by atoms with Crippen molar-refractivity contribution in [3.05, 3.63) is 42.5 Å². The summed E-state index contributed by atoms with van der Waals surface area (Å²) in [6.45, 7) is 0.562. The Balaban J connectivity index is 0.000000527. The van der Waals surface area contributed by atoms with E-state index in [0.717, 1.165) is 18.5 Å². The molecule has 0 spiro atoms. The highest BCUT2D eigenvalue weighted by Gasteiger charge is 2.16. The molecule has 0 fully saturated rings. The minimum atomic E-state index is -3.38. The number of aryl methyl sites for hydroxylation is 1. The van der Waals surface area contributed by atoms with Gasteiger partial charge in [-0.3, -0.25) is 0 Å². The molecule has 1 aromatic heterocycles. The number of H-pyrrole nitrogens is 1. The van der Waals surface area contributed by atoms with Crippen molar-refractivity contribution in [1.82, 2.24) is 14.3 Å². The number of aromatic nitrogens is 2. The molecule has 0 aliphatic heterocycles. The molecular formula is C16H21N3O7S. The van der Waals surface area contributed by atoms with Crippen molar-refractivity contribution in [2.75, 3.05) is 20.7 Å². The number of rotatable bonds is 7. The van der Waals surface area contributed by atoms with Crippen molar-refractivity contribution < 1.29 is 33.0 Å². The monoisotopic (exact) mass is 399 g/mol. The average molecular weight is 399 g/mol. The summed E-state index contributed by atoms with van der Waals surface area (Å²) in [4.78, 5) is 25.5. The molecule has 0 saturated carbocycles. The lowest BCUT2D eigenvalue weighted by Crippen LogP contribution is -2.22. The number of nitrogens with one attached hydrogen (secondary N) is 1. The number of carboxylic acid groups (broad SMARTS) is 2. The first kappa shape index (κ1) is 22.1. The van der Waals surface area contributed by atoms with Crippen LogP contribution in [0.25, 0.3) is 0 Å². The maximum atomic E-state index is 11.9. The van der Waals surface area contributed by atoms with Crippen LogP contribution in [-0.2, 0) is 26.0 Å². The van der Waals surface area contributed by atoms with E-state index in [0.29, 0.717) is 12.4 Å². The summed E-state index contributed by atoms with van der Waals surface area (Å²) < 4.78 is 30.6. The van der Waals surface area contributed by atoms with Gasteiger partial charge in [-0.2, -0.15) is 0 Å². The zero-order valence-electron chi connectivity index (χ0n) is 14.8. The molecule has 10 nitrogen and oxygen atoms in total. The first-order valence-electron chi connectivity index (χ1n) is 7.74. The molecule has 2 rings (SSSR count). The van der Waals surface area contributed by atoms with Gasteiger partial charge in [0.05, 0.1) is 23.5 Å². The van der Waals surface area contributed by atoms with Crippen molar-refractivity contribution in [2.45, 2.75) is 17.7 Å². The van der Waals surface area contributed by atoms with Gasteiger partial charge in [0.1, 0.15) is 5.75 Å². The summed E-state index contributed by atoms with van der Waals surface area (Å²) in [5.74, 6) is -2.99. The molecule has 0 radical (unpaired) electrons. The van der Waals surface area contributed by atoms with E-state index in [1.165, 1.54) is 18.4 Å². The van der Waals surface area contributed by atoms with E-state index in [-0.39, 0.29) is 4.90 Å². The van der Waals surface area contributed by atoms with Crippen LogP contribution in [0.15, 0.2) is 41.7 Å². The third-order valence-corrected chi connectivity index (χ3v) is 5.02. The van der Waals surface area contributed by atoms with E-state index in [4.69, 9.17) is 24.5 Å². The number of aliphatic carboxylic acids is 2. The Morgan fingerprint density at radius 1 is 1.15 bits per heavy atom. The minimum Gasteiger partial charge on any atom is -0.494 e. The third kappa shape index (κ3) is 7.46. The maximum absolute atomic E-state index is 11.9. The van der Waals surface area contributed by atoms with Crippen LogP contribution in [-0.4, -0.2) is 65.5 Å². The normalized spacial score (nSPS) is 10.8. The van der Waals surface area contributed by atoms with Crippen molar-refractivity contribution >= 4 is 22.0 Å². The van der Waals surface area contributed by atoms with E-state index >= 15 is 0 Å². The van der Waals surface area contributed by atoms with Crippen molar-refractivity contribution in [1.29, 1.82) is 0 Å². The fraction of sp³-hybridized carbons (Fsp3) is 0.312. The molecule has 11 heteroatoms. The number of sulfonamides is 1. The highest BCUT2D eigenvalue weighted by molar-refractivity contribution is 7.89. The van der Waals surface area contributed by atoms with Crippen LogP contribution in [0.2, 0.25) is 0 Å².